The van der Waals surface area contributed by atoms with E-state index in [1.165, 1.54) is 18.3 Å². The molecule has 0 fully saturated rings. The minimum absolute atomic E-state index is 0.226. The van der Waals surface area contributed by atoms with E-state index in [1.807, 2.05) is 6.92 Å². The number of rotatable bonds is 9. The number of alkyl halides is 3. The van der Waals surface area contributed by atoms with Gasteiger partial charge in [-0.25, -0.2) is 4.57 Å². The van der Waals surface area contributed by atoms with Crippen LogP contribution in [-0.4, -0.2) is 38.0 Å². The topological polar surface area (TPSA) is 123 Å². The fraction of sp³-hybridized carbons (Fsp3) is 0.381. The maximum absolute atomic E-state index is 13.3. The quantitative estimate of drug-likeness (QED) is 0.387. The van der Waals surface area contributed by atoms with Gasteiger partial charge in [-0.2, -0.15) is 18.2 Å². The van der Waals surface area contributed by atoms with Crippen molar-refractivity contribution in [3.05, 3.63) is 52.6 Å². The lowest BCUT2D eigenvalue weighted by Crippen LogP contribution is -2.20. The van der Waals surface area contributed by atoms with Gasteiger partial charge in [-0.3, -0.25) is 14.3 Å². The predicted molar refractivity (Wildman–Crippen MR) is 122 cm³/mol. The average molecular weight is 533 g/mol. The molecule has 0 aliphatic heterocycles. The molecule has 0 aliphatic rings. The summed E-state index contributed by atoms with van der Waals surface area (Å²) in [6.45, 7) is 3.41. The van der Waals surface area contributed by atoms with Gasteiger partial charge in [0.15, 0.2) is 4.80 Å². The van der Waals surface area contributed by atoms with Gasteiger partial charge in [0.25, 0.3) is 5.91 Å². The lowest BCUT2D eigenvalue weighted by molar-refractivity contribution is -0.137. The number of hydrogen-bond acceptors (Lipinski definition) is 6. The molecule has 3 aromatic rings. The van der Waals surface area contributed by atoms with Crippen LogP contribution < -0.4 is 9.54 Å². The molecule has 0 bridgehead atoms. The molecule has 2 aromatic heterocycles. The van der Waals surface area contributed by atoms with E-state index >= 15 is 0 Å². The van der Waals surface area contributed by atoms with E-state index in [4.69, 9.17) is 14.5 Å². The standard InChI is InChI=1S/C21H23F3N3O6PS/c1-3-4-9-27-16-11-25-8-7-18(16)35-20(27)26-19(28)15-10-14(21(22,23)24)5-6-17(15)32-12-13(2)33-34(29,30)31/h5-8,10-11,13H,3-4,9,12H2,1-2H3,(H2,29,30,31). The number of hydrogen-bond donors (Lipinski definition) is 2. The molecule has 1 atom stereocenters. The number of thiazole rings is 1. The van der Waals surface area contributed by atoms with Crippen LogP contribution in [0.3, 0.4) is 0 Å². The number of carbonyl (C=O) groups excluding carboxylic acids is 1. The van der Waals surface area contributed by atoms with Gasteiger partial charge in [0.2, 0.25) is 0 Å². The molecule has 2 N–H and O–H groups in total. The second-order valence-electron chi connectivity index (χ2n) is 7.58. The number of ether oxygens (including phenoxy) is 1. The van der Waals surface area contributed by atoms with E-state index in [9.17, 15) is 22.5 Å². The zero-order chi connectivity index (χ0) is 25.8. The number of benzene rings is 1. The van der Waals surface area contributed by atoms with Crippen molar-refractivity contribution in [2.24, 2.45) is 4.99 Å². The van der Waals surface area contributed by atoms with Gasteiger partial charge in [0.1, 0.15) is 18.5 Å². The number of phosphoric acid groups is 1. The third kappa shape index (κ3) is 7.21. The summed E-state index contributed by atoms with van der Waals surface area (Å²) in [5.41, 5.74) is -0.760. The van der Waals surface area contributed by atoms with E-state index in [1.54, 1.807) is 23.0 Å². The Bertz CT molecular complexity index is 1320. The van der Waals surface area contributed by atoms with Crippen molar-refractivity contribution in [3.63, 3.8) is 0 Å². The first kappa shape index (κ1) is 27.0. The van der Waals surface area contributed by atoms with Crippen molar-refractivity contribution >= 4 is 35.3 Å². The van der Waals surface area contributed by atoms with E-state index in [0.29, 0.717) is 17.4 Å². The smallest absolute Gasteiger partial charge is 0.469 e. The minimum Gasteiger partial charge on any atom is -0.490 e. The van der Waals surface area contributed by atoms with Crippen LogP contribution in [0.4, 0.5) is 13.2 Å². The molecule has 2 heterocycles. The number of nitrogens with zero attached hydrogens (tertiary/aromatic N) is 3. The Balaban J connectivity index is 2.03. The highest BCUT2D eigenvalue weighted by molar-refractivity contribution is 7.46. The maximum atomic E-state index is 13.3. The number of halogens is 3. The number of carbonyl (C=O) groups is 1. The molecule has 1 unspecified atom stereocenters. The van der Waals surface area contributed by atoms with E-state index in [2.05, 4.69) is 14.5 Å². The molecule has 0 spiro atoms. The normalized spacial score (nSPS) is 13.9. The molecule has 0 aliphatic carbocycles. The Morgan fingerprint density at radius 2 is 2.06 bits per heavy atom. The van der Waals surface area contributed by atoms with E-state index < -0.39 is 43.7 Å². The average Bonchev–Trinajstić information content (AvgIpc) is 3.11. The Hall–Kier alpha value is -2.57. The van der Waals surface area contributed by atoms with Gasteiger partial charge < -0.3 is 19.1 Å². The Labute approximate surface area is 202 Å². The molecule has 35 heavy (non-hydrogen) atoms. The zero-order valence-electron chi connectivity index (χ0n) is 18.7. The van der Waals surface area contributed by atoms with Crippen molar-refractivity contribution < 1.29 is 41.6 Å². The molecule has 14 heteroatoms. The number of aromatic nitrogens is 2. The number of amides is 1. The second kappa shape index (κ2) is 11.0. The largest absolute Gasteiger partial charge is 0.490 e. The summed E-state index contributed by atoms with van der Waals surface area (Å²) >= 11 is 1.20. The lowest BCUT2D eigenvalue weighted by atomic mass is 10.1. The van der Waals surface area contributed by atoms with Crippen LogP contribution in [0.15, 0.2) is 41.7 Å². The number of fused-ring (bicyclic) bond motifs is 1. The molecular weight excluding hydrogens is 510 g/mol. The van der Waals surface area contributed by atoms with Crippen LogP contribution >= 0.6 is 19.2 Å². The fourth-order valence-electron chi connectivity index (χ4n) is 3.15. The molecule has 9 nitrogen and oxygen atoms in total. The number of aryl methyl sites for hydroxylation is 1. The van der Waals surface area contributed by atoms with Crippen molar-refractivity contribution in [2.75, 3.05) is 6.61 Å². The molecule has 0 radical (unpaired) electrons. The fourth-order valence-corrected chi connectivity index (χ4v) is 4.70. The highest BCUT2D eigenvalue weighted by Crippen LogP contribution is 2.38. The second-order valence-corrected chi connectivity index (χ2v) is 9.78. The zero-order valence-corrected chi connectivity index (χ0v) is 20.4. The summed E-state index contributed by atoms with van der Waals surface area (Å²) in [5, 5.41) is 0. The van der Waals surface area contributed by atoms with Gasteiger partial charge >= 0.3 is 14.0 Å². The SMILES string of the molecule is CCCCn1c(=NC(=O)c2cc(C(F)(F)F)ccc2OCC(C)OP(=O)(O)O)sc2ccncc21. The first-order valence-electron chi connectivity index (χ1n) is 10.5. The Kier molecular flexibility index (Phi) is 8.50. The predicted octanol–water partition coefficient (Wildman–Crippen LogP) is 4.53. The summed E-state index contributed by atoms with van der Waals surface area (Å²) < 4.78 is 63.5. The van der Waals surface area contributed by atoms with Crippen LogP contribution in [0.1, 0.15) is 42.6 Å². The summed E-state index contributed by atoms with van der Waals surface area (Å²) in [6.07, 6.45) is -0.935. The van der Waals surface area contributed by atoms with Crippen molar-refractivity contribution in [1.29, 1.82) is 0 Å². The number of phosphoric ester groups is 1. The summed E-state index contributed by atoms with van der Waals surface area (Å²) in [6, 6.07) is 4.11. The van der Waals surface area contributed by atoms with Crippen LogP contribution in [0.25, 0.3) is 10.2 Å². The minimum atomic E-state index is -4.80. The lowest BCUT2D eigenvalue weighted by Gasteiger charge is -2.17. The van der Waals surface area contributed by atoms with Gasteiger partial charge in [0.05, 0.1) is 27.5 Å². The maximum Gasteiger partial charge on any atom is 0.469 e. The summed E-state index contributed by atoms with van der Waals surface area (Å²) in [7, 11) is -4.80. The summed E-state index contributed by atoms with van der Waals surface area (Å²) in [4.78, 5) is 39.4. The molecule has 1 aromatic carbocycles. The third-order valence-corrected chi connectivity index (χ3v) is 6.44. The first-order chi connectivity index (χ1) is 16.4. The summed E-state index contributed by atoms with van der Waals surface area (Å²) in [5.74, 6) is -1.18. The Morgan fingerprint density at radius 1 is 1.31 bits per heavy atom. The number of unbranched alkanes of at least 4 members (excludes halogenated alkanes) is 1. The van der Waals surface area contributed by atoms with Gasteiger partial charge in [-0.15, -0.1) is 0 Å². The van der Waals surface area contributed by atoms with Gasteiger partial charge in [0, 0.05) is 12.7 Å². The Morgan fingerprint density at radius 3 is 2.71 bits per heavy atom. The monoisotopic (exact) mass is 533 g/mol. The molecule has 0 saturated heterocycles. The van der Waals surface area contributed by atoms with Gasteiger partial charge in [-0.05, 0) is 37.6 Å². The molecular formula is C21H23F3N3O6PS. The van der Waals surface area contributed by atoms with E-state index in [0.717, 1.165) is 35.2 Å². The third-order valence-electron chi connectivity index (χ3n) is 4.74. The van der Waals surface area contributed by atoms with Crippen LogP contribution in [0, 0.1) is 0 Å². The van der Waals surface area contributed by atoms with Crippen LogP contribution in [0.5, 0.6) is 5.75 Å². The molecule has 0 saturated carbocycles. The highest BCUT2D eigenvalue weighted by Gasteiger charge is 2.32. The van der Waals surface area contributed by atoms with Crippen molar-refractivity contribution in [1.82, 2.24) is 9.55 Å². The van der Waals surface area contributed by atoms with Crippen molar-refractivity contribution in [2.45, 2.75) is 45.5 Å². The molecule has 1 amide bonds. The first-order valence-corrected chi connectivity index (χ1v) is 12.8. The van der Waals surface area contributed by atoms with E-state index in [-0.39, 0.29) is 5.75 Å². The van der Waals surface area contributed by atoms with Crippen LogP contribution in [-0.2, 0) is 21.8 Å². The van der Waals surface area contributed by atoms with Gasteiger partial charge in [-0.1, -0.05) is 24.7 Å². The molecule has 190 valence electrons. The molecule has 3 rings (SSSR count). The highest BCUT2D eigenvalue weighted by atomic mass is 32.1. The number of pyridine rings is 1. The van der Waals surface area contributed by atoms with Crippen LogP contribution in [0.2, 0.25) is 0 Å². The van der Waals surface area contributed by atoms with Crippen molar-refractivity contribution in [3.8, 4) is 5.75 Å².